The van der Waals surface area contributed by atoms with Crippen LogP contribution in [0.25, 0.3) is 10.7 Å². The maximum absolute atomic E-state index is 14.0. The fraction of sp³-hybridized carbons (Fsp3) is 0.238. The van der Waals surface area contributed by atoms with Crippen molar-refractivity contribution >= 4 is 34.8 Å². The largest absolute Gasteiger partial charge is 0.339 e. The number of pyridine rings is 1. The third-order valence-corrected chi connectivity index (χ3v) is 6.00. The molecule has 4 rings (SSSR count). The normalized spacial score (nSPS) is 14.1. The van der Waals surface area contributed by atoms with Crippen LogP contribution in [0.2, 0.25) is 5.02 Å². The highest BCUT2D eigenvalue weighted by molar-refractivity contribution is 7.13. The molecular weight excluding hydrogens is 427 g/mol. The number of rotatable bonds is 4. The molecule has 2 amide bonds. The smallest absolute Gasteiger partial charge is 0.257 e. The van der Waals surface area contributed by atoms with E-state index in [4.69, 9.17) is 11.6 Å². The Morgan fingerprint density at radius 3 is 2.60 bits per heavy atom. The molecule has 0 bridgehead atoms. The minimum atomic E-state index is -0.602. The van der Waals surface area contributed by atoms with Crippen LogP contribution < -0.4 is 0 Å². The van der Waals surface area contributed by atoms with Crippen molar-refractivity contribution in [2.45, 2.75) is 6.42 Å². The number of piperazine rings is 1. The molecule has 154 valence electrons. The summed E-state index contributed by atoms with van der Waals surface area (Å²) in [4.78, 5) is 37.3. The quantitative estimate of drug-likeness (QED) is 0.617. The Bertz CT molecular complexity index is 1070. The summed E-state index contributed by atoms with van der Waals surface area (Å²) in [5.74, 6) is -1.06. The van der Waals surface area contributed by atoms with Gasteiger partial charge in [-0.05, 0) is 30.3 Å². The zero-order chi connectivity index (χ0) is 21.1. The zero-order valence-electron chi connectivity index (χ0n) is 15.9. The second-order valence-corrected chi connectivity index (χ2v) is 8.13. The molecule has 30 heavy (non-hydrogen) atoms. The Balaban J connectivity index is 1.34. The maximum Gasteiger partial charge on any atom is 0.257 e. The zero-order valence-corrected chi connectivity index (χ0v) is 17.5. The van der Waals surface area contributed by atoms with E-state index in [1.54, 1.807) is 16.0 Å². The SMILES string of the molecule is O=C(Cc1csc(-c2ccccn2)n1)N1CCN(C(=O)c2cc(Cl)ccc2F)CC1. The molecular formula is C21H18ClFN4O2S. The number of thiazole rings is 1. The van der Waals surface area contributed by atoms with Crippen LogP contribution in [0.3, 0.4) is 0 Å². The van der Waals surface area contributed by atoms with Crippen LogP contribution in [0.1, 0.15) is 16.1 Å². The third-order valence-electron chi connectivity index (χ3n) is 4.85. The lowest BCUT2D eigenvalue weighted by molar-refractivity contribution is -0.132. The predicted octanol–water partition coefficient (Wildman–Crippen LogP) is 3.52. The molecule has 1 aliphatic rings. The first-order valence-electron chi connectivity index (χ1n) is 9.39. The lowest BCUT2D eigenvalue weighted by Crippen LogP contribution is -2.51. The van der Waals surface area contributed by atoms with Gasteiger partial charge >= 0.3 is 0 Å². The van der Waals surface area contributed by atoms with Gasteiger partial charge in [-0.15, -0.1) is 11.3 Å². The van der Waals surface area contributed by atoms with Gasteiger partial charge in [-0.1, -0.05) is 17.7 Å². The summed E-state index contributed by atoms with van der Waals surface area (Å²) < 4.78 is 14.0. The number of benzene rings is 1. The van der Waals surface area contributed by atoms with Crippen LogP contribution >= 0.6 is 22.9 Å². The van der Waals surface area contributed by atoms with Gasteiger partial charge in [0.05, 0.1) is 23.4 Å². The lowest BCUT2D eigenvalue weighted by atomic mass is 10.1. The molecule has 1 aliphatic heterocycles. The third kappa shape index (κ3) is 4.49. The molecule has 1 saturated heterocycles. The van der Waals surface area contributed by atoms with Gasteiger partial charge in [0.1, 0.15) is 10.8 Å². The molecule has 0 N–H and O–H groups in total. The first kappa shape index (κ1) is 20.4. The number of hydrogen-bond acceptors (Lipinski definition) is 5. The Morgan fingerprint density at radius 1 is 1.10 bits per heavy atom. The number of halogens is 2. The summed E-state index contributed by atoms with van der Waals surface area (Å²) in [5, 5.41) is 2.95. The van der Waals surface area contributed by atoms with Gasteiger partial charge in [-0.3, -0.25) is 14.6 Å². The van der Waals surface area contributed by atoms with Gasteiger partial charge in [0, 0.05) is 42.8 Å². The van der Waals surface area contributed by atoms with Crippen LogP contribution in [-0.2, 0) is 11.2 Å². The topological polar surface area (TPSA) is 66.4 Å². The van der Waals surface area contributed by atoms with E-state index in [0.717, 1.165) is 10.7 Å². The molecule has 9 heteroatoms. The Labute approximate surface area is 181 Å². The summed E-state index contributed by atoms with van der Waals surface area (Å²) in [6.45, 7) is 1.47. The van der Waals surface area contributed by atoms with Crippen molar-refractivity contribution in [2.75, 3.05) is 26.2 Å². The van der Waals surface area contributed by atoms with E-state index in [0.29, 0.717) is 36.9 Å². The average Bonchev–Trinajstić information content (AvgIpc) is 3.24. The van der Waals surface area contributed by atoms with E-state index in [9.17, 15) is 14.0 Å². The number of carbonyl (C=O) groups excluding carboxylic acids is 2. The van der Waals surface area contributed by atoms with E-state index >= 15 is 0 Å². The fourth-order valence-corrected chi connectivity index (χ4v) is 4.22. The predicted molar refractivity (Wildman–Crippen MR) is 113 cm³/mol. The van der Waals surface area contributed by atoms with Crippen molar-refractivity contribution < 1.29 is 14.0 Å². The summed E-state index contributed by atoms with van der Waals surface area (Å²) in [6, 6.07) is 9.53. The van der Waals surface area contributed by atoms with Crippen molar-refractivity contribution in [3.63, 3.8) is 0 Å². The molecule has 1 fully saturated rings. The van der Waals surface area contributed by atoms with Gasteiger partial charge in [-0.25, -0.2) is 9.37 Å². The van der Waals surface area contributed by atoms with E-state index < -0.39 is 11.7 Å². The molecule has 1 aromatic carbocycles. The first-order chi connectivity index (χ1) is 14.5. The van der Waals surface area contributed by atoms with Crippen molar-refractivity contribution in [3.8, 4) is 10.7 Å². The van der Waals surface area contributed by atoms with E-state index in [2.05, 4.69) is 9.97 Å². The molecule has 3 heterocycles. The minimum absolute atomic E-state index is 0.0473. The van der Waals surface area contributed by atoms with Crippen molar-refractivity contribution in [2.24, 2.45) is 0 Å². The molecule has 0 radical (unpaired) electrons. The summed E-state index contributed by atoms with van der Waals surface area (Å²) in [7, 11) is 0. The molecule has 3 aromatic rings. The van der Waals surface area contributed by atoms with Crippen LogP contribution in [-0.4, -0.2) is 57.8 Å². The first-order valence-corrected chi connectivity index (χ1v) is 10.6. The summed E-state index contributed by atoms with van der Waals surface area (Å²) in [5.41, 5.74) is 1.43. The van der Waals surface area contributed by atoms with Crippen LogP contribution in [0, 0.1) is 5.82 Å². The second-order valence-electron chi connectivity index (χ2n) is 6.83. The fourth-order valence-electron chi connectivity index (χ4n) is 3.25. The molecule has 0 saturated carbocycles. The van der Waals surface area contributed by atoms with Crippen molar-refractivity contribution in [1.29, 1.82) is 0 Å². The molecule has 0 spiro atoms. The highest BCUT2D eigenvalue weighted by Gasteiger charge is 2.26. The lowest BCUT2D eigenvalue weighted by Gasteiger charge is -2.34. The van der Waals surface area contributed by atoms with Gasteiger partial charge in [0.15, 0.2) is 0 Å². The van der Waals surface area contributed by atoms with Gasteiger partial charge in [-0.2, -0.15) is 0 Å². The van der Waals surface area contributed by atoms with E-state index in [1.807, 2.05) is 23.6 Å². The summed E-state index contributed by atoms with van der Waals surface area (Å²) >= 11 is 7.34. The molecule has 0 unspecified atom stereocenters. The Morgan fingerprint density at radius 2 is 1.87 bits per heavy atom. The standard InChI is InChI=1S/C21H18ClFN4O2S/c22-14-4-5-17(23)16(11-14)21(29)27-9-7-26(8-10-27)19(28)12-15-13-30-20(25-15)18-3-1-2-6-24-18/h1-6,11,13H,7-10,12H2. The van der Waals surface area contributed by atoms with E-state index in [1.165, 1.54) is 29.5 Å². The van der Waals surface area contributed by atoms with Crippen LogP contribution in [0.4, 0.5) is 4.39 Å². The Kier molecular flexibility index (Phi) is 6.06. The highest BCUT2D eigenvalue weighted by atomic mass is 35.5. The second kappa shape index (κ2) is 8.89. The van der Waals surface area contributed by atoms with Crippen LogP contribution in [0.5, 0.6) is 0 Å². The molecule has 2 aromatic heterocycles. The van der Waals surface area contributed by atoms with Gasteiger partial charge in [0.2, 0.25) is 5.91 Å². The van der Waals surface area contributed by atoms with Crippen molar-refractivity contribution in [1.82, 2.24) is 19.8 Å². The number of aromatic nitrogens is 2. The molecule has 0 aliphatic carbocycles. The number of hydrogen-bond donors (Lipinski definition) is 0. The molecule has 6 nitrogen and oxygen atoms in total. The minimum Gasteiger partial charge on any atom is -0.339 e. The van der Waals surface area contributed by atoms with Gasteiger partial charge in [0.25, 0.3) is 5.91 Å². The van der Waals surface area contributed by atoms with E-state index in [-0.39, 0.29) is 17.9 Å². The molecule has 0 atom stereocenters. The monoisotopic (exact) mass is 444 g/mol. The maximum atomic E-state index is 14.0. The van der Waals surface area contributed by atoms with Crippen molar-refractivity contribution in [3.05, 3.63) is 70.1 Å². The number of nitrogens with zero attached hydrogens (tertiary/aromatic N) is 4. The number of amides is 2. The summed E-state index contributed by atoms with van der Waals surface area (Å²) in [6.07, 6.45) is 1.90. The van der Waals surface area contributed by atoms with Gasteiger partial charge < -0.3 is 9.80 Å². The Hall–Kier alpha value is -2.84. The average molecular weight is 445 g/mol. The number of carbonyl (C=O) groups is 2. The van der Waals surface area contributed by atoms with Crippen LogP contribution in [0.15, 0.2) is 48.0 Å². The highest BCUT2D eigenvalue weighted by Crippen LogP contribution is 2.22.